The third kappa shape index (κ3) is 24.6. The lowest BCUT2D eigenvalue weighted by Crippen LogP contribution is -2.54. The van der Waals surface area contributed by atoms with Crippen LogP contribution in [0.2, 0.25) is 0 Å². The molecular weight excluding hydrogens is 642 g/mol. The summed E-state index contributed by atoms with van der Waals surface area (Å²) in [5.41, 5.74) is 5.19. The number of esters is 1. The van der Waals surface area contributed by atoms with Crippen molar-refractivity contribution in [1.82, 2.24) is 10.6 Å². The van der Waals surface area contributed by atoms with Crippen LogP contribution in [0.25, 0.3) is 0 Å². The van der Waals surface area contributed by atoms with Gasteiger partial charge in [-0.15, -0.1) is 0 Å². The highest BCUT2D eigenvalue weighted by atomic mass is 16.6. The summed E-state index contributed by atoms with van der Waals surface area (Å²) in [6.07, 6.45) is -2.12. The van der Waals surface area contributed by atoms with E-state index in [1.54, 1.807) is 27.7 Å². The Kier molecular flexibility index (Phi) is 23.0. The first-order valence-corrected chi connectivity index (χ1v) is 15.8. The first kappa shape index (κ1) is 46.9. The Morgan fingerprint density at radius 1 is 0.816 bits per heavy atom. The number of aliphatic hydroxyl groups is 2. The summed E-state index contributed by atoms with van der Waals surface area (Å²) in [7, 11) is 0. The Labute approximate surface area is 288 Å². The van der Waals surface area contributed by atoms with Gasteiger partial charge in [0.15, 0.2) is 5.78 Å². The van der Waals surface area contributed by atoms with E-state index in [1.807, 2.05) is 30.3 Å². The highest BCUT2D eigenvalue weighted by Crippen LogP contribution is 2.10. The maximum atomic E-state index is 12.7. The zero-order chi connectivity index (χ0) is 38.5. The summed E-state index contributed by atoms with van der Waals surface area (Å²) < 4.78 is 10.4. The molecule has 0 aliphatic heterocycles. The van der Waals surface area contributed by atoms with E-state index in [9.17, 15) is 38.7 Å². The van der Waals surface area contributed by atoms with Crippen LogP contribution in [0.1, 0.15) is 93.6 Å². The van der Waals surface area contributed by atoms with Crippen LogP contribution in [0.15, 0.2) is 30.3 Å². The van der Waals surface area contributed by atoms with Crippen LogP contribution in [0, 0.1) is 5.92 Å². The van der Waals surface area contributed by atoms with Crippen molar-refractivity contribution in [3.05, 3.63) is 35.9 Å². The number of alkyl carbamates (subject to hydrolysis) is 1. The number of rotatable bonds is 16. The Bertz CT molecular complexity index is 1210. The van der Waals surface area contributed by atoms with Crippen molar-refractivity contribution in [2.75, 3.05) is 0 Å². The molecule has 0 radical (unpaired) electrons. The number of nitrogens with one attached hydrogen (secondary N) is 2. The van der Waals surface area contributed by atoms with Crippen molar-refractivity contribution < 1.29 is 58.4 Å². The van der Waals surface area contributed by atoms with E-state index < -0.39 is 71.6 Å². The van der Waals surface area contributed by atoms with Gasteiger partial charge in [0.2, 0.25) is 5.91 Å². The van der Waals surface area contributed by atoms with Gasteiger partial charge < -0.3 is 46.0 Å². The maximum absolute atomic E-state index is 12.7. The summed E-state index contributed by atoms with van der Waals surface area (Å²) >= 11 is 0. The molecule has 0 fully saturated rings. The van der Waals surface area contributed by atoms with Gasteiger partial charge in [-0.1, -0.05) is 37.3 Å². The number of nitrogens with two attached hydrogens (primary N) is 1. The summed E-state index contributed by atoms with van der Waals surface area (Å²) in [5, 5.41) is 31.6. The standard InChI is InChI=1S/C22H32N2O7.C7H12O3.C5H11NO2/c1-14(25)19(15(2)26)24-20(28)17(23-21(29)31-22(3,4)5)11-12-18(27)30-13-16-9-7-6-8-10-16;1-5(7(9)10)3-4-6(2)8;1-3(7)5(6)4(2)8/h6-10,14,17,19,25H,11-13H2,1-5H3,(H,23,29)(H,24,28);5H,3-4H2,1-2H3,(H,9,10);3,5,7H,6H2,1-2H3/t14?,17-,19-;5-;/m00./s1. The van der Waals surface area contributed by atoms with Gasteiger partial charge in [0.25, 0.3) is 0 Å². The fraction of sp³-hybridized carbons (Fsp3) is 0.618. The molecule has 2 amide bonds. The first-order chi connectivity index (χ1) is 22.5. The van der Waals surface area contributed by atoms with Crippen molar-refractivity contribution >= 4 is 41.3 Å². The second-order valence-corrected chi connectivity index (χ2v) is 12.6. The molecule has 1 rings (SSSR count). The molecule has 1 aromatic carbocycles. The van der Waals surface area contributed by atoms with Gasteiger partial charge in [-0.25, -0.2) is 4.79 Å². The minimum absolute atomic E-state index is 0.0492. The molecule has 49 heavy (non-hydrogen) atoms. The molecule has 7 N–H and O–H groups in total. The molecule has 0 aliphatic carbocycles. The molecule has 1 aromatic rings. The third-order valence-corrected chi connectivity index (χ3v) is 6.45. The fourth-order valence-electron chi connectivity index (χ4n) is 3.49. The topological polar surface area (TPSA) is 249 Å². The molecular formula is C34H55N3O12. The van der Waals surface area contributed by atoms with Crippen LogP contribution in [0.3, 0.4) is 0 Å². The normalized spacial score (nSPS) is 14.3. The van der Waals surface area contributed by atoms with E-state index >= 15 is 0 Å². The van der Waals surface area contributed by atoms with Crippen LogP contribution in [0.5, 0.6) is 0 Å². The van der Waals surface area contributed by atoms with Crippen LogP contribution >= 0.6 is 0 Å². The molecule has 0 saturated heterocycles. The summed E-state index contributed by atoms with van der Waals surface area (Å²) in [4.78, 5) is 79.5. The number of carbonyl (C=O) groups excluding carboxylic acids is 6. The van der Waals surface area contributed by atoms with Crippen molar-refractivity contribution in [3.8, 4) is 0 Å². The minimum atomic E-state index is -1.17. The number of hydrogen-bond acceptors (Lipinski definition) is 12. The second-order valence-electron chi connectivity index (χ2n) is 12.6. The van der Waals surface area contributed by atoms with E-state index in [4.69, 9.17) is 25.4 Å². The predicted molar refractivity (Wildman–Crippen MR) is 180 cm³/mol. The van der Waals surface area contributed by atoms with Gasteiger partial charge in [-0.2, -0.15) is 0 Å². The lowest BCUT2D eigenvalue weighted by Gasteiger charge is -2.25. The number of hydrogen-bond donors (Lipinski definition) is 6. The molecule has 15 heteroatoms. The first-order valence-electron chi connectivity index (χ1n) is 15.8. The zero-order valence-electron chi connectivity index (χ0n) is 30.0. The van der Waals surface area contributed by atoms with Gasteiger partial charge in [-0.05, 0) is 73.8 Å². The van der Waals surface area contributed by atoms with Gasteiger partial charge in [0.1, 0.15) is 35.9 Å². The molecule has 0 spiro atoms. The highest BCUT2D eigenvalue weighted by molar-refractivity contribution is 5.91. The van der Waals surface area contributed by atoms with Crippen molar-refractivity contribution in [2.24, 2.45) is 11.7 Å². The van der Waals surface area contributed by atoms with Crippen LogP contribution in [-0.4, -0.2) is 92.5 Å². The summed E-state index contributed by atoms with van der Waals surface area (Å²) in [5.74, 6) is -3.08. The van der Waals surface area contributed by atoms with Gasteiger partial charge in [0, 0.05) is 12.8 Å². The number of Topliss-reactive ketones (excluding diaryl/α,β-unsaturated/α-hetero) is 3. The Morgan fingerprint density at radius 3 is 1.76 bits per heavy atom. The number of benzene rings is 1. The zero-order valence-corrected chi connectivity index (χ0v) is 30.0. The average molecular weight is 698 g/mol. The second kappa shape index (κ2) is 24.0. The number of carbonyl (C=O) groups is 7. The molecule has 278 valence electrons. The SMILES string of the molecule is CC(=O)C(N)C(C)O.CC(=O)CC[C@H](C)C(=O)O.CC(=O)[C@@H](NC(=O)[C@H](CCC(=O)OCc1ccccc1)NC(=O)OC(C)(C)C)C(C)O. The monoisotopic (exact) mass is 697 g/mol. The third-order valence-electron chi connectivity index (χ3n) is 6.45. The number of carboxylic acid groups (broad SMARTS) is 1. The van der Waals surface area contributed by atoms with E-state index in [2.05, 4.69) is 10.6 Å². The molecule has 6 atom stereocenters. The quantitative estimate of drug-likeness (QED) is 0.136. The van der Waals surface area contributed by atoms with E-state index in [-0.39, 0.29) is 31.0 Å². The number of amides is 2. The molecule has 0 saturated carbocycles. The van der Waals surface area contributed by atoms with Crippen LogP contribution < -0.4 is 16.4 Å². The Hall–Kier alpha value is -4.21. The summed E-state index contributed by atoms with van der Waals surface area (Å²) in [6.45, 7) is 13.6. The minimum Gasteiger partial charge on any atom is -0.481 e. The Balaban J connectivity index is 0. The lowest BCUT2D eigenvalue weighted by atomic mass is 10.0. The predicted octanol–water partition coefficient (Wildman–Crippen LogP) is 2.22. The molecule has 0 aliphatic rings. The largest absolute Gasteiger partial charge is 0.481 e. The molecule has 0 aromatic heterocycles. The Morgan fingerprint density at radius 2 is 1.37 bits per heavy atom. The summed E-state index contributed by atoms with van der Waals surface area (Å²) in [6, 6.07) is 6.09. The van der Waals surface area contributed by atoms with Crippen LogP contribution in [0.4, 0.5) is 4.79 Å². The van der Waals surface area contributed by atoms with E-state index in [1.165, 1.54) is 34.6 Å². The smallest absolute Gasteiger partial charge is 0.408 e. The number of ketones is 3. The fourth-order valence-corrected chi connectivity index (χ4v) is 3.49. The van der Waals surface area contributed by atoms with E-state index in [0.29, 0.717) is 12.8 Å². The number of aliphatic hydroxyl groups excluding tert-OH is 2. The van der Waals surface area contributed by atoms with Crippen molar-refractivity contribution in [2.45, 2.75) is 131 Å². The lowest BCUT2D eigenvalue weighted by molar-refractivity contribution is -0.145. The number of carboxylic acids is 1. The van der Waals surface area contributed by atoms with Crippen molar-refractivity contribution in [3.63, 3.8) is 0 Å². The molecule has 3 unspecified atom stereocenters. The number of aliphatic carboxylic acids is 1. The van der Waals surface area contributed by atoms with Gasteiger partial charge >= 0.3 is 18.0 Å². The van der Waals surface area contributed by atoms with Gasteiger partial charge in [-0.3, -0.25) is 24.0 Å². The average Bonchev–Trinajstić information content (AvgIpc) is 2.98. The molecule has 0 heterocycles. The van der Waals surface area contributed by atoms with Crippen LogP contribution in [-0.2, 0) is 44.8 Å². The van der Waals surface area contributed by atoms with Gasteiger partial charge in [0.05, 0.1) is 24.2 Å². The highest BCUT2D eigenvalue weighted by Gasteiger charge is 2.29. The molecule has 15 nitrogen and oxygen atoms in total. The number of ether oxygens (including phenoxy) is 2. The molecule has 0 bridgehead atoms. The van der Waals surface area contributed by atoms with Crippen molar-refractivity contribution in [1.29, 1.82) is 0 Å². The van der Waals surface area contributed by atoms with E-state index in [0.717, 1.165) is 5.56 Å². The maximum Gasteiger partial charge on any atom is 0.408 e.